The first-order valence-corrected chi connectivity index (χ1v) is 14.3. The zero-order valence-corrected chi connectivity index (χ0v) is 22.7. The normalized spacial score (nSPS) is 12.0. The lowest BCUT2D eigenvalue weighted by Gasteiger charge is -2.22. The molecule has 1 amide bonds. The molecule has 0 aliphatic carbocycles. The number of anilines is 1. The molecule has 3 rings (SSSR count). The van der Waals surface area contributed by atoms with Gasteiger partial charge in [0.25, 0.3) is 0 Å². The number of carbonyl (C=O) groups excluding carboxylic acids is 1. The molecule has 0 atom stereocenters. The standard InChI is InChI=1S/C24H26BrN3O5S2/c1-17-4-11-21(12-5-17)35(32,33)28(15-19-7-9-20(25)10-8-19)16-24(29)27-23-14-22(13-6-18(23)2)34(30,31)26-3/h4-14,26H,15-16H2,1-3H3,(H,27,29). The van der Waals surface area contributed by atoms with Gasteiger partial charge < -0.3 is 5.32 Å². The van der Waals surface area contributed by atoms with E-state index in [2.05, 4.69) is 26.0 Å². The molecule has 0 saturated heterocycles. The van der Waals surface area contributed by atoms with Gasteiger partial charge in [-0.1, -0.05) is 51.8 Å². The predicted octanol–water partition coefficient (Wildman–Crippen LogP) is 3.80. The molecule has 11 heteroatoms. The molecule has 0 bridgehead atoms. The second kappa shape index (κ2) is 11.0. The highest BCUT2D eigenvalue weighted by Gasteiger charge is 2.27. The van der Waals surface area contributed by atoms with Crippen LogP contribution in [-0.4, -0.2) is 40.6 Å². The number of benzene rings is 3. The van der Waals surface area contributed by atoms with E-state index >= 15 is 0 Å². The van der Waals surface area contributed by atoms with Gasteiger partial charge in [-0.15, -0.1) is 0 Å². The molecule has 0 aliphatic heterocycles. The van der Waals surface area contributed by atoms with Crippen molar-refractivity contribution in [3.8, 4) is 0 Å². The van der Waals surface area contributed by atoms with Gasteiger partial charge in [-0.05, 0) is 68.4 Å². The SMILES string of the molecule is CNS(=O)(=O)c1ccc(C)c(NC(=O)CN(Cc2ccc(Br)cc2)S(=O)(=O)c2ccc(C)cc2)c1. The molecule has 3 aromatic rings. The summed E-state index contributed by atoms with van der Waals surface area (Å²) in [6, 6.07) is 17.9. The van der Waals surface area contributed by atoms with Crippen LogP contribution in [-0.2, 0) is 31.4 Å². The van der Waals surface area contributed by atoms with Gasteiger partial charge in [0.05, 0.1) is 16.3 Å². The van der Waals surface area contributed by atoms with E-state index in [9.17, 15) is 21.6 Å². The van der Waals surface area contributed by atoms with Crippen molar-refractivity contribution >= 4 is 47.6 Å². The number of hydrogen-bond acceptors (Lipinski definition) is 5. The Kier molecular flexibility index (Phi) is 8.50. The Bertz CT molecular complexity index is 1420. The maximum absolute atomic E-state index is 13.4. The lowest BCUT2D eigenvalue weighted by molar-refractivity contribution is -0.116. The Hall–Kier alpha value is -2.57. The number of nitrogens with zero attached hydrogens (tertiary/aromatic N) is 1. The maximum Gasteiger partial charge on any atom is 0.243 e. The minimum absolute atomic E-state index is 0.0140. The number of rotatable bonds is 9. The number of nitrogens with one attached hydrogen (secondary N) is 2. The van der Waals surface area contributed by atoms with Crippen LogP contribution in [0.1, 0.15) is 16.7 Å². The zero-order valence-electron chi connectivity index (χ0n) is 19.4. The summed E-state index contributed by atoms with van der Waals surface area (Å²) in [5.74, 6) is -0.597. The van der Waals surface area contributed by atoms with E-state index in [0.29, 0.717) is 11.1 Å². The van der Waals surface area contributed by atoms with Gasteiger partial charge in [0.1, 0.15) is 0 Å². The van der Waals surface area contributed by atoms with Crippen molar-refractivity contribution in [1.29, 1.82) is 0 Å². The van der Waals surface area contributed by atoms with E-state index in [1.807, 2.05) is 6.92 Å². The second-order valence-electron chi connectivity index (χ2n) is 7.95. The van der Waals surface area contributed by atoms with Crippen molar-refractivity contribution in [1.82, 2.24) is 9.03 Å². The Morgan fingerprint density at radius 1 is 0.886 bits per heavy atom. The third-order valence-electron chi connectivity index (χ3n) is 5.31. The average Bonchev–Trinajstić information content (AvgIpc) is 2.81. The predicted molar refractivity (Wildman–Crippen MR) is 139 cm³/mol. The van der Waals surface area contributed by atoms with Crippen LogP contribution in [0, 0.1) is 13.8 Å². The molecule has 0 fully saturated rings. The molecule has 0 radical (unpaired) electrons. The number of hydrogen-bond donors (Lipinski definition) is 2. The molecule has 186 valence electrons. The summed E-state index contributed by atoms with van der Waals surface area (Å²) >= 11 is 3.36. The molecule has 35 heavy (non-hydrogen) atoms. The smallest absolute Gasteiger partial charge is 0.243 e. The fourth-order valence-corrected chi connectivity index (χ4v) is 5.65. The number of amides is 1. The lowest BCUT2D eigenvalue weighted by Crippen LogP contribution is -2.37. The fourth-order valence-electron chi connectivity index (χ4n) is 3.25. The summed E-state index contributed by atoms with van der Waals surface area (Å²) in [6.07, 6.45) is 0. The first-order chi connectivity index (χ1) is 16.4. The molecule has 0 spiro atoms. The highest BCUT2D eigenvalue weighted by Crippen LogP contribution is 2.23. The van der Waals surface area contributed by atoms with Crippen molar-refractivity contribution in [3.63, 3.8) is 0 Å². The van der Waals surface area contributed by atoms with Crippen molar-refractivity contribution < 1.29 is 21.6 Å². The third-order valence-corrected chi connectivity index (χ3v) is 9.06. The van der Waals surface area contributed by atoms with Gasteiger partial charge in [-0.25, -0.2) is 21.6 Å². The van der Waals surface area contributed by atoms with Crippen molar-refractivity contribution in [2.24, 2.45) is 0 Å². The van der Waals surface area contributed by atoms with E-state index < -0.39 is 32.5 Å². The highest BCUT2D eigenvalue weighted by molar-refractivity contribution is 9.10. The second-order valence-corrected chi connectivity index (χ2v) is 12.7. The van der Waals surface area contributed by atoms with Gasteiger partial charge in [0.15, 0.2) is 0 Å². The molecule has 0 aliphatic rings. The summed E-state index contributed by atoms with van der Waals surface area (Å²) in [5.41, 5.74) is 2.53. The van der Waals surface area contributed by atoms with Crippen molar-refractivity contribution in [3.05, 3.63) is 87.9 Å². The molecule has 0 unspecified atom stereocenters. The lowest BCUT2D eigenvalue weighted by atomic mass is 10.2. The van der Waals surface area contributed by atoms with Gasteiger partial charge in [-0.2, -0.15) is 4.31 Å². The van der Waals surface area contributed by atoms with Crippen LogP contribution in [0.2, 0.25) is 0 Å². The molecule has 0 saturated carbocycles. The van der Waals surface area contributed by atoms with Crippen LogP contribution in [0.25, 0.3) is 0 Å². The number of sulfonamides is 2. The Balaban J connectivity index is 1.91. The van der Waals surface area contributed by atoms with E-state index in [1.165, 1.54) is 31.3 Å². The Morgan fingerprint density at radius 3 is 2.09 bits per heavy atom. The number of halogens is 1. The van der Waals surface area contributed by atoms with Gasteiger partial charge in [-0.3, -0.25) is 4.79 Å². The Labute approximate surface area is 214 Å². The summed E-state index contributed by atoms with van der Waals surface area (Å²) in [5, 5.41) is 2.66. The minimum atomic E-state index is -4.00. The van der Waals surface area contributed by atoms with Crippen molar-refractivity contribution in [2.45, 2.75) is 30.2 Å². The quantitative estimate of drug-likeness (QED) is 0.400. The maximum atomic E-state index is 13.4. The van der Waals surface area contributed by atoms with Crippen LogP contribution in [0.15, 0.2) is 81.0 Å². The zero-order chi connectivity index (χ0) is 25.8. The largest absolute Gasteiger partial charge is 0.325 e. The highest BCUT2D eigenvalue weighted by atomic mass is 79.9. The summed E-state index contributed by atoms with van der Waals surface area (Å²) in [7, 11) is -6.42. The van der Waals surface area contributed by atoms with Crippen LogP contribution < -0.4 is 10.0 Å². The molecule has 0 aromatic heterocycles. The van der Waals surface area contributed by atoms with Crippen LogP contribution in [0.5, 0.6) is 0 Å². The summed E-state index contributed by atoms with van der Waals surface area (Å²) in [4.78, 5) is 13.1. The first kappa shape index (κ1) is 27.0. The Morgan fingerprint density at radius 2 is 1.49 bits per heavy atom. The average molecular weight is 581 g/mol. The minimum Gasteiger partial charge on any atom is -0.325 e. The van der Waals surface area contributed by atoms with E-state index in [0.717, 1.165) is 14.3 Å². The summed E-state index contributed by atoms with van der Waals surface area (Å²) in [6.45, 7) is 3.08. The molecular weight excluding hydrogens is 554 g/mol. The topological polar surface area (TPSA) is 113 Å². The molecule has 3 aromatic carbocycles. The van der Waals surface area contributed by atoms with Gasteiger partial charge in [0, 0.05) is 16.7 Å². The molecule has 8 nitrogen and oxygen atoms in total. The summed E-state index contributed by atoms with van der Waals surface area (Å²) < 4.78 is 55.4. The first-order valence-electron chi connectivity index (χ1n) is 10.6. The van der Waals surface area contributed by atoms with Gasteiger partial charge in [0.2, 0.25) is 26.0 Å². The third kappa shape index (κ3) is 6.77. The van der Waals surface area contributed by atoms with Crippen LogP contribution in [0.4, 0.5) is 5.69 Å². The van der Waals surface area contributed by atoms with Crippen molar-refractivity contribution in [2.75, 3.05) is 18.9 Å². The van der Waals surface area contributed by atoms with Crippen LogP contribution >= 0.6 is 15.9 Å². The number of aryl methyl sites for hydroxylation is 2. The monoisotopic (exact) mass is 579 g/mol. The molecular formula is C24H26BrN3O5S2. The van der Waals surface area contributed by atoms with E-state index in [-0.39, 0.29) is 22.0 Å². The molecule has 2 N–H and O–H groups in total. The van der Waals surface area contributed by atoms with E-state index in [1.54, 1.807) is 49.4 Å². The fraction of sp³-hybridized carbons (Fsp3) is 0.208. The van der Waals surface area contributed by atoms with Gasteiger partial charge >= 0.3 is 0 Å². The number of carbonyl (C=O) groups is 1. The van der Waals surface area contributed by atoms with E-state index in [4.69, 9.17) is 0 Å². The molecule has 0 heterocycles. The van der Waals surface area contributed by atoms with Crippen LogP contribution in [0.3, 0.4) is 0 Å².